The summed E-state index contributed by atoms with van der Waals surface area (Å²) < 4.78 is 12.3. The van der Waals surface area contributed by atoms with Crippen molar-refractivity contribution in [2.45, 2.75) is 30.2 Å². The van der Waals surface area contributed by atoms with Crippen molar-refractivity contribution < 1.29 is 14.3 Å². The Balaban J connectivity index is 1.47. The van der Waals surface area contributed by atoms with E-state index >= 15 is 0 Å². The van der Waals surface area contributed by atoms with Crippen molar-refractivity contribution in [2.24, 2.45) is 0 Å². The van der Waals surface area contributed by atoms with E-state index in [4.69, 9.17) is 9.47 Å². The van der Waals surface area contributed by atoms with E-state index in [0.29, 0.717) is 28.7 Å². The lowest BCUT2D eigenvalue weighted by atomic mass is 10.2. The van der Waals surface area contributed by atoms with E-state index in [1.54, 1.807) is 41.6 Å². The lowest BCUT2D eigenvalue weighted by Gasteiger charge is -2.13. The van der Waals surface area contributed by atoms with E-state index in [0.717, 1.165) is 27.6 Å². The highest BCUT2D eigenvalue weighted by atomic mass is 32.2. The zero-order chi connectivity index (χ0) is 23.4. The van der Waals surface area contributed by atoms with Crippen LogP contribution in [0, 0.1) is 6.92 Å². The van der Waals surface area contributed by atoms with Gasteiger partial charge in [0, 0.05) is 27.9 Å². The van der Waals surface area contributed by atoms with Gasteiger partial charge in [-0.15, -0.1) is 0 Å². The molecule has 0 saturated carbocycles. The number of rotatable bonds is 7. The molecule has 0 unspecified atom stereocenters. The van der Waals surface area contributed by atoms with Gasteiger partial charge in [-0.25, -0.2) is 9.78 Å². The van der Waals surface area contributed by atoms with E-state index < -0.39 is 0 Å². The first kappa shape index (κ1) is 22.4. The molecule has 2 amide bonds. The van der Waals surface area contributed by atoms with E-state index in [1.165, 1.54) is 13.4 Å². The maximum atomic E-state index is 12.5. The van der Waals surface area contributed by atoms with E-state index in [2.05, 4.69) is 32.6 Å². The number of carbonyl (C=O) groups is 1. The summed E-state index contributed by atoms with van der Waals surface area (Å²) in [7, 11) is 3.11. The standard InChI is InChI=1S/C23H24N6O3S/c1-5-18-14(2)26-22-24-13-25-29(22)21(18)33-17-9-6-15(7-10-17)27-23(30)28-19-11-8-16(31-3)12-20(19)32-4/h6-13H,5H2,1-4H3,(H2,27,28,30). The lowest BCUT2D eigenvalue weighted by Crippen LogP contribution is -2.19. The van der Waals surface area contributed by atoms with Crippen LogP contribution in [-0.4, -0.2) is 39.8 Å². The van der Waals surface area contributed by atoms with Gasteiger partial charge in [-0.1, -0.05) is 18.7 Å². The summed E-state index contributed by atoms with van der Waals surface area (Å²) in [5, 5.41) is 10.9. The first-order valence-corrected chi connectivity index (χ1v) is 11.1. The minimum atomic E-state index is -0.374. The molecular weight excluding hydrogens is 440 g/mol. The van der Waals surface area contributed by atoms with Crippen LogP contribution in [0.15, 0.2) is 58.7 Å². The van der Waals surface area contributed by atoms with Crippen molar-refractivity contribution in [1.29, 1.82) is 0 Å². The molecule has 0 atom stereocenters. The highest BCUT2D eigenvalue weighted by Crippen LogP contribution is 2.33. The molecule has 9 nitrogen and oxygen atoms in total. The Kier molecular flexibility index (Phi) is 6.64. The number of aromatic nitrogens is 4. The maximum Gasteiger partial charge on any atom is 0.323 e. The summed E-state index contributed by atoms with van der Waals surface area (Å²) in [6, 6.07) is 12.4. The van der Waals surface area contributed by atoms with Gasteiger partial charge in [0.1, 0.15) is 22.9 Å². The summed E-state index contributed by atoms with van der Waals surface area (Å²) in [6.07, 6.45) is 2.35. The summed E-state index contributed by atoms with van der Waals surface area (Å²) >= 11 is 1.59. The summed E-state index contributed by atoms with van der Waals surface area (Å²) in [5.41, 5.74) is 3.29. The van der Waals surface area contributed by atoms with Crippen LogP contribution in [0.2, 0.25) is 0 Å². The van der Waals surface area contributed by atoms with Crippen molar-refractivity contribution in [2.75, 3.05) is 24.9 Å². The summed E-state index contributed by atoms with van der Waals surface area (Å²) in [4.78, 5) is 22.2. The third-order valence-corrected chi connectivity index (χ3v) is 6.14. The average molecular weight is 465 g/mol. The second-order valence-corrected chi connectivity index (χ2v) is 8.14. The predicted octanol–water partition coefficient (Wildman–Crippen LogP) is 4.81. The van der Waals surface area contributed by atoms with Gasteiger partial charge in [-0.3, -0.25) is 0 Å². The molecule has 2 N–H and O–H groups in total. The Morgan fingerprint density at radius 3 is 2.58 bits per heavy atom. The highest BCUT2D eigenvalue weighted by molar-refractivity contribution is 7.99. The van der Waals surface area contributed by atoms with Crippen LogP contribution in [0.1, 0.15) is 18.2 Å². The Morgan fingerprint density at radius 1 is 1.09 bits per heavy atom. The van der Waals surface area contributed by atoms with Crippen LogP contribution in [0.25, 0.3) is 5.78 Å². The molecule has 0 spiro atoms. The fourth-order valence-electron chi connectivity index (χ4n) is 3.37. The van der Waals surface area contributed by atoms with Crippen molar-refractivity contribution in [3.63, 3.8) is 0 Å². The Hall–Kier alpha value is -3.79. The van der Waals surface area contributed by atoms with Crippen molar-refractivity contribution in [3.05, 3.63) is 60.0 Å². The van der Waals surface area contributed by atoms with Gasteiger partial charge in [0.2, 0.25) is 0 Å². The minimum absolute atomic E-state index is 0.374. The Morgan fingerprint density at radius 2 is 1.88 bits per heavy atom. The van der Waals surface area contributed by atoms with E-state index in [1.807, 2.05) is 31.2 Å². The van der Waals surface area contributed by atoms with E-state index in [-0.39, 0.29) is 6.03 Å². The number of nitrogens with zero attached hydrogens (tertiary/aromatic N) is 4. The molecule has 33 heavy (non-hydrogen) atoms. The van der Waals surface area contributed by atoms with E-state index in [9.17, 15) is 4.79 Å². The maximum absolute atomic E-state index is 12.5. The fourth-order valence-corrected chi connectivity index (χ4v) is 4.50. The average Bonchev–Trinajstić information content (AvgIpc) is 3.29. The molecule has 0 aliphatic rings. The molecule has 0 fully saturated rings. The SMILES string of the molecule is CCc1c(C)nc2ncnn2c1Sc1ccc(NC(=O)Nc2ccc(OC)cc2OC)cc1. The van der Waals surface area contributed by atoms with Crippen LogP contribution in [0.5, 0.6) is 11.5 Å². The zero-order valence-electron chi connectivity index (χ0n) is 18.7. The van der Waals surface area contributed by atoms with Gasteiger partial charge < -0.3 is 20.1 Å². The monoisotopic (exact) mass is 464 g/mol. The normalized spacial score (nSPS) is 10.8. The number of aryl methyl sites for hydroxylation is 1. The smallest absolute Gasteiger partial charge is 0.323 e. The molecular formula is C23H24N6O3S. The molecule has 4 rings (SSSR count). The number of ether oxygens (including phenoxy) is 2. The van der Waals surface area contributed by atoms with Crippen LogP contribution in [0.3, 0.4) is 0 Å². The first-order valence-electron chi connectivity index (χ1n) is 10.3. The highest BCUT2D eigenvalue weighted by Gasteiger charge is 2.15. The number of anilines is 2. The number of benzene rings is 2. The number of nitrogens with one attached hydrogen (secondary N) is 2. The van der Waals surface area contributed by atoms with Crippen LogP contribution < -0.4 is 20.1 Å². The van der Waals surface area contributed by atoms with Crippen LogP contribution >= 0.6 is 11.8 Å². The van der Waals surface area contributed by atoms with Crippen molar-refractivity contribution in [3.8, 4) is 11.5 Å². The molecule has 0 radical (unpaired) electrons. The molecule has 10 heteroatoms. The number of hydrogen-bond donors (Lipinski definition) is 2. The predicted molar refractivity (Wildman–Crippen MR) is 128 cm³/mol. The minimum Gasteiger partial charge on any atom is -0.497 e. The molecule has 2 aromatic carbocycles. The van der Waals surface area contributed by atoms with Crippen LogP contribution in [-0.2, 0) is 6.42 Å². The molecule has 2 heterocycles. The number of amides is 2. The second kappa shape index (κ2) is 9.78. The van der Waals surface area contributed by atoms with Gasteiger partial charge in [0.15, 0.2) is 0 Å². The second-order valence-electron chi connectivity index (χ2n) is 7.08. The van der Waals surface area contributed by atoms with Crippen molar-refractivity contribution >= 4 is 34.9 Å². The lowest BCUT2D eigenvalue weighted by molar-refractivity contribution is 0.262. The van der Waals surface area contributed by atoms with Gasteiger partial charge in [-0.2, -0.15) is 14.6 Å². The Labute approximate surface area is 195 Å². The largest absolute Gasteiger partial charge is 0.497 e. The van der Waals surface area contributed by atoms with Gasteiger partial charge in [-0.05, 0) is 49.7 Å². The molecule has 0 aliphatic carbocycles. The molecule has 4 aromatic rings. The first-order chi connectivity index (χ1) is 16.0. The number of methoxy groups -OCH3 is 2. The quantitative estimate of drug-likeness (QED) is 0.379. The number of hydrogen-bond acceptors (Lipinski definition) is 7. The van der Waals surface area contributed by atoms with Crippen LogP contribution in [0.4, 0.5) is 16.2 Å². The van der Waals surface area contributed by atoms with Gasteiger partial charge in [0.05, 0.1) is 19.9 Å². The van der Waals surface area contributed by atoms with Gasteiger partial charge in [0.25, 0.3) is 5.78 Å². The number of fused-ring (bicyclic) bond motifs is 1. The fraction of sp³-hybridized carbons (Fsp3) is 0.217. The summed E-state index contributed by atoms with van der Waals surface area (Å²) in [5.74, 6) is 1.73. The molecule has 170 valence electrons. The third kappa shape index (κ3) is 4.85. The molecule has 0 saturated heterocycles. The number of carbonyl (C=O) groups excluding carboxylic acids is 1. The van der Waals surface area contributed by atoms with Gasteiger partial charge >= 0.3 is 6.03 Å². The molecule has 0 bridgehead atoms. The zero-order valence-corrected chi connectivity index (χ0v) is 19.6. The third-order valence-electron chi connectivity index (χ3n) is 5.02. The summed E-state index contributed by atoms with van der Waals surface area (Å²) in [6.45, 7) is 4.08. The molecule has 2 aromatic heterocycles. The van der Waals surface area contributed by atoms with Crippen molar-refractivity contribution in [1.82, 2.24) is 19.6 Å². The Bertz CT molecular complexity index is 1290. The number of urea groups is 1. The molecule has 0 aliphatic heterocycles. The topological polar surface area (TPSA) is 103 Å².